The Balaban J connectivity index is 2.11. The molecule has 0 saturated heterocycles. The van der Waals surface area contributed by atoms with Crippen molar-refractivity contribution < 1.29 is 23.8 Å². The molecule has 7 nitrogen and oxygen atoms in total. The number of hydrogen-bond donors (Lipinski definition) is 2. The minimum atomic E-state index is -0.709. The molecular weight excluding hydrogens is 392 g/mol. The second-order valence-corrected chi connectivity index (χ2v) is 5.71. The maximum atomic E-state index is 12.2. The Morgan fingerprint density at radius 1 is 1.16 bits per heavy atom. The maximum Gasteiger partial charge on any atom is 0.338 e. The minimum Gasteiger partial charge on any atom is -0.493 e. The van der Waals surface area contributed by atoms with E-state index in [0.29, 0.717) is 27.2 Å². The Labute approximate surface area is 153 Å². The third kappa shape index (κ3) is 4.63. The zero-order valence-corrected chi connectivity index (χ0v) is 15.3. The Morgan fingerprint density at radius 2 is 1.92 bits per heavy atom. The van der Waals surface area contributed by atoms with Crippen molar-refractivity contribution in [1.29, 1.82) is 0 Å². The van der Waals surface area contributed by atoms with Gasteiger partial charge in [0.05, 0.1) is 24.3 Å². The van der Waals surface area contributed by atoms with Crippen molar-refractivity contribution >= 4 is 33.6 Å². The summed E-state index contributed by atoms with van der Waals surface area (Å²) in [5.41, 5.74) is 6.48. The van der Waals surface area contributed by atoms with Crippen LogP contribution >= 0.6 is 15.9 Å². The van der Waals surface area contributed by atoms with Crippen LogP contribution in [0.2, 0.25) is 0 Å². The molecule has 2 aromatic carbocycles. The topological polar surface area (TPSA) is 99.9 Å². The molecule has 0 heterocycles. The Hall–Kier alpha value is -2.74. The lowest BCUT2D eigenvalue weighted by Gasteiger charge is -2.13. The van der Waals surface area contributed by atoms with E-state index in [1.54, 1.807) is 30.3 Å². The van der Waals surface area contributed by atoms with E-state index in [1.165, 1.54) is 20.3 Å². The third-order valence-electron chi connectivity index (χ3n) is 3.29. The molecule has 0 spiro atoms. The second kappa shape index (κ2) is 8.39. The normalized spacial score (nSPS) is 10.0. The Morgan fingerprint density at radius 3 is 2.56 bits per heavy atom. The molecule has 8 heteroatoms. The van der Waals surface area contributed by atoms with Crippen LogP contribution in [0.25, 0.3) is 0 Å². The van der Waals surface area contributed by atoms with Gasteiger partial charge in [-0.1, -0.05) is 12.1 Å². The number of amides is 2. The first-order chi connectivity index (χ1) is 12.0. The second-order valence-electron chi connectivity index (χ2n) is 4.92. The summed E-state index contributed by atoms with van der Waals surface area (Å²) in [4.78, 5) is 23.1. The molecule has 2 amide bonds. The minimum absolute atomic E-state index is 0.0350. The molecule has 0 aliphatic heterocycles. The summed E-state index contributed by atoms with van der Waals surface area (Å²) in [7, 11) is 3.06. The maximum absolute atomic E-state index is 12.2. The van der Waals surface area contributed by atoms with Crippen LogP contribution in [0.5, 0.6) is 11.5 Å². The zero-order chi connectivity index (χ0) is 18.4. The molecule has 0 radical (unpaired) electrons. The molecule has 0 aliphatic rings. The number of hydrogen-bond acceptors (Lipinski definition) is 5. The number of urea groups is 1. The molecule has 132 valence electrons. The van der Waals surface area contributed by atoms with E-state index in [4.69, 9.17) is 19.9 Å². The largest absolute Gasteiger partial charge is 0.493 e. The van der Waals surface area contributed by atoms with Crippen molar-refractivity contribution in [2.24, 2.45) is 5.73 Å². The molecular formula is C17H17BrN2O5. The number of carbonyl (C=O) groups excluding carboxylic acids is 2. The van der Waals surface area contributed by atoms with Crippen molar-refractivity contribution in [3.05, 3.63) is 52.0 Å². The van der Waals surface area contributed by atoms with E-state index < -0.39 is 12.0 Å². The standard InChI is InChI=1S/C17H17BrN2O5/c1-23-13-7-6-11(14(18)15(13)24-2)9-25-16(21)10-4-3-5-12(8-10)20-17(19)22/h3-8H,9H2,1-2H3,(H3,19,20,22). The van der Waals surface area contributed by atoms with Gasteiger partial charge in [-0.25, -0.2) is 9.59 Å². The summed E-state index contributed by atoms with van der Waals surface area (Å²) < 4.78 is 16.5. The van der Waals surface area contributed by atoms with E-state index in [2.05, 4.69) is 21.2 Å². The SMILES string of the molecule is COc1ccc(COC(=O)c2cccc(NC(N)=O)c2)c(Br)c1OC. The summed E-state index contributed by atoms with van der Waals surface area (Å²) in [6.45, 7) is 0.0350. The van der Waals surface area contributed by atoms with E-state index in [0.717, 1.165) is 5.56 Å². The summed E-state index contributed by atoms with van der Waals surface area (Å²) in [5.74, 6) is 0.549. The molecule has 0 saturated carbocycles. The summed E-state index contributed by atoms with van der Waals surface area (Å²) in [6.07, 6.45) is 0. The number of anilines is 1. The van der Waals surface area contributed by atoms with Crippen LogP contribution in [-0.2, 0) is 11.3 Å². The Bertz CT molecular complexity index is 795. The van der Waals surface area contributed by atoms with E-state index in [1.807, 2.05) is 0 Å². The number of benzene rings is 2. The monoisotopic (exact) mass is 408 g/mol. The van der Waals surface area contributed by atoms with Gasteiger partial charge in [0.15, 0.2) is 11.5 Å². The van der Waals surface area contributed by atoms with Gasteiger partial charge >= 0.3 is 12.0 Å². The molecule has 0 bridgehead atoms. The first kappa shape index (κ1) is 18.6. The van der Waals surface area contributed by atoms with Crippen LogP contribution in [0.4, 0.5) is 10.5 Å². The van der Waals surface area contributed by atoms with Crippen molar-refractivity contribution in [1.82, 2.24) is 0 Å². The van der Waals surface area contributed by atoms with Crippen LogP contribution in [0.15, 0.2) is 40.9 Å². The van der Waals surface area contributed by atoms with Gasteiger partial charge in [-0.15, -0.1) is 0 Å². The fraction of sp³-hybridized carbons (Fsp3) is 0.176. The molecule has 0 aromatic heterocycles. The zero-order valence-electron chi connectivity index (χ0n) is 13.7. The van der Waals surface area contributed by atoms with Crippen molar-refractivity contribution in [2.75, 3.05) is 19.5 Å². The van der Waals surface area contributed by atoms with Gasteiger partial charge in [0, 0.05) is 11.3 Å². The molecule has 2 aromatic rings. The number of methoxy groups -OCH3 is 2. The highest BCUT2D eigenvalue weighted by molar-refractivity contribution is 9.10. The lowest BCUT2D eigenvalue weighted by molar-refractivity contribution is 0.0471. The summed E-state index contributed by atoms with van der Waals surface area (Å²) >= 11 is 3.42. The lowest BCUT2D eigenvalue weighted by Crippen LogP contribution is -2.19. The number of nitrogens with one attached hydrogen (secondary N) is 1. The smallest absolute Gasteiger partial charge is 0.338 e. The fourth-order valence-electron chi connectivity index (χ4n) is 2.13. The lowest BCUT2D eigenvalue weighted by atomic mass is 10.2. The Kier molecular flexibility index (Phi) is 6.24. The number of carbonyl (C=O) groups is 2. The van der Waals surface area contributed by atoms with Gasteiger partial charge in [0.1, 0.15) is 6.61 Å². The summed E-state index contributed by atoms with van der Waals surface area (Å²) in [5, 5.41) is 2.40. The first-order valence-corrected chi connectivity index (χ1v) is 7.98. The highest BCUT2D eigenvalue weighted by Gasteiger charge is 2.15. The number of nitrogens with two attached hydrogens (primary N) is 1. The number of ether oxygens (including phenoxy) is 3. The van der Waals surface area contributed by atoms with Crippen molar-refractivity contribution in [2.45, 2.75) is 6.61 Å². The average molecular weight is 409 g/mol. The van der Waals surface area contributed by atoms with Crippen molar-refractivity contribution in [3.63, 3.8) is 0 Å². The predicted molar refractivity (Wildman–Crippen MR) is 96.0 cm³/mol. The third-order valence-corrected chi connectivity index (χ3v) is 4.16. The van der Waals surface area contributed by atoms with Gasteiger partial charge in [-0.3, -0.25) is 0 Å². The molecule has 25 heavy (non-hydrogen) atoms. The molecule has 0 aliphatic carbocycles. The van der Waals surface area contributed by atoms with E-state index >= 15 is 0 Å². The molecule has 0 fully saturated rings. The number of primary amides is 1. The highest BCUT2D eigenvalue weighted by atomic mass is 79.9. The van der Waals surface area contributed by atoms with Crippen LogP contribution in [0.3, 0.4) is 0 Å². The summed E-state index contributed by atoms with van der Waals surface area (Å²) in [6, 6.07) is 9.09. The van der Waals surface area contributed by atoms with E-state index in [-0.39, 0.29) is 6.61 Å². The van der Waals surface area contributed by atoms with Gasteiger partial charge in [0.2, 0.25) is 0 Å². The predicted octanol–water partition coefficient (Wildman–Crippen LogP) is 3.31. The average Bonchev–Trinajstić information content (AvgIpc) is 2.59. The molecule has 0 atom stereocenters. The fourth-order valence-corrected chi connectivity index (χ4v) is 2.74. The highest BCUT2D eigenvalue weighted by Crippen LogP contribution is 2.37. The van der Waals surface area contributed by atoms with Gasteiger partial charge in [-0.05, 0) is 40.2 Å². The van der Waals surface area contributed by atoms with Crippen molar-refractivity contribution in [3.8, 4) is 11.5 Å². The van der Waals surface area contributed by atoms with Gasteiger partial charge < -0.3 is 25.3 Å². The number of esters is 1. The van der Waals surface area contributed by atoms with Gasteiger partial charge in [0.25, 0.3) is 0 Å². The first-order valence-electron chi connectivity index (χ1n) is 7.19. The van der Waals surface area contributed by atoms with Crippen LogP contribution in [-0.4, -0.2) is 26.2 Å². The number of halogens is 1. The molecule has 2 rings (SSSR count). The molecule has 3 N–H and O–H groups in total. The van der Waals surface area contributed by atoms with Crippen LogP contribution in [0, 0.1) is 0 Å². The number of rotatable bonds is 6. The van der Waals surface area contributed by atoms with E-state index in [9.17, 15) is 9.59 Å². The van der Waals surface area contributed by atoms with Gasteiger partial charge in [-0.2, -0.15) is 0 Å². The molecule has 0 unspecified atom stereocenters. The quantitative estimate of drug-likeness (QED) is 0.714. The van der Waals surface area contributed by atoms with Crippen LogP contribution in [0.1, 0.15) is 15.9 Å². The van der Waals surface area contributed by atoms with Crippen LogP contribution < -0.4 is 20.5 Å².